The van der Waals surface area contributed by atoms with Crippen LogP contribution in [0.25, 0.3) is 0 Å². The molecule has 43 heavy (non-hydrogen) atoms. The molecule has 1 saturated heterocycles. The van der Waals surface area contributed by atoms with E-state index in [1.165, 1.54) is 5.06 Å². The maximum atomic E-state index is 13.7. The van der Waals surface area contributed by atoms with Crippen molar-refractivity contribution in [2.24, 2.45) is 5.92 Å². The van der Waals surface area contributed by atoms with Gasteiger partial charge >= 0.3 is 19.5 Å². The van der Waals surface area contributed by atoms with E-state index in [1.807, 2.05) is 44.2 Å². The smallest absolute Gasteiger partial charge is 0.390 e. The predicted molar refractivity (Wildman–Crippen MR) is 151 cm³/mol. The number of benzene rings is 2. The molecule has 15 heteroatoms. The van der Waals surface area contributed by atoms with Crippen molar-refractivity contribution in [1.82, 2.24) is 9.55 Å². The number of phosphoric ester groups is 1. The molecule has 4 rings (SSSR count). The van der Waals surface area contributed by atoms with Gasteiger partial charge < -0.3 is 14.4 Å². The zero-order valence-corrected chi connectivity index (χ0v) is 24.3. The van der Waals surface area contributed by atoms with Gasteiger partial charge in [-0.3, -0.25) is 28.6 Å². The fraction of sp³-hybridized carbons (Fsp3) is 0.393. The number of nitrogens with one attached hydrogen (secondary N) is 1. The molecular weight excluding hydrogens is 588 g/mol. The largest absolute Gasteiger partial charge is 0.529 e. The van der Waals surface area contributed by atoms with Crippen molar-refractivity contribution in [1.29, 1.82) is 0 Å². The van der Waals surface area contributed by atoms with E-state index in [2.05, 4.69) is 0 Å². The number of anilines is 1. The quantitative estimate of drug-likeness (QED) is 0.189. The van der Waals surface area contributed by atoms with Gasteiger partial charge in [-0.1, -0.05) is 62.4 Å². The minimum atomic E-state index is -5.05. The summed E-state index contributed by atoms with van der Waals surface area (Å²) >= 11 is 0. The number of hydroxylamine groups is 1. The summed E-state index contributed by atoms with van der Waals surface area (Å²) in [7, 11) is -5.05. The predicted octanol–water partition coefficient (Wildman–Crippen LogP) is 3.04. The Morgan fingerprint density at radius 1 is 1.16 bits per heavy atom. The molecule has 0 aliphatic carbocycles. The van der Waals surface area contributed by atoms with Crippen molar-refractivity contribution < 1.29 is 42.4 Å². The average Bonchev–Trinajstić information content (AvgIpc) is 3.34. The van der Waals surface area contributed by atoms with Crippen molar-refractivity contribution in [3.05, 3.63) is 99.1 Å². The van der Waals surface area contributed by atoms with E-state index >= 15 is 0 Å². The lowest BCUT2D eigenvalue weighted by atomic mass is 10.0. The van der Waals surface area contributed by atoms with Crippen LogP contribution in [-0.2, 0) is 34.6 Å². The number of carbonyl (C=O) groups excluding carboxylic acids is 1. The number of para-hydroxylation sites is 1. The lowest BCUT2D eigenvalue weighted by molar-refractivity contribution is -0.141. The third-order valence-corrected chi connectivity index (χ3v) is 7.41. The van der Waals surface area contributed by atoms with Gasteiger partial charge in [-0.2, -0.15) is 4.39 Å². The normalized spacial score (nSPS) is 20.5. The molecule has 1 unspecified atom stereocenters. The van der Waals surface area contributed by atoms with Crippen LogP contribution in [0.5, 0.6) is 0 Å². The van der Waals surface area contributed by atoms with Crippen molar-refractivity contribution in [3.8, 4) is 0 Å². The Hall–Kier alpha value is -3.65. The van der Waals surface area contributed by atoms with E-state index in [0.717, 1.165) is 10.1 Å². The molecule has 1 aromatic heterocycles. The third-order valence-electron chi connectivity index (χ3n) is 6.52. The van der Waals surface area contributed by atoms with E-state index in [4.69, 9.17) is 18.6 Å². The Kier molecular flexibility index (Phi) is 10.7. The first-order valence-electron chi connectivity index (χ1n) is 13.5. The number of phosphoric acid groups is 1. The number of nitrogens with zero attached hydrogens (tertiary/aromatic N) is 2. The van der Waals surface area contributed by atoms with Crippen LogP contribution >= 0.6 is 7.82 Å². The first kappa shape index (κ1) is 32.3. The molecule has 2 aromatic carbocycles. The van der Waals surface area contributed by atoms with Crippen LogP contribution in [0.4, 0.5) is 10.1 Å². The number of aromatic amines is 1. The van der Waals surface area contributed by atoms with Crippen LogP contribution in [0.1, 0.15) is 38.5 Å². The lowest BCUT2D eigenvalue weighted by Crippen LogP contribution is -2.43. The van der Waals surface area contributed by atoms with E-state index in [9.17, 15) is 33.3 Å². The van der Waals surface area contributed by atoms with Gasteiger partial charge in [0, 0.05) is 6.42 Å². The van der Waals surface area contributed by atoms with Crippen molar-refractivity contribution >= 4 is 19.5 Å². The van der Waals surface area contributed by atoms with Crippen LogP contribution in [-0.4, -0.2) is 50.4 Å². The van der Waals surface area contributed by atoms with Crippen LogP contribution in [0, 0.1) is 11.7 Å². The number of rotatable bonds is 13. The van der Waals surface area contributed by atoms with Crippen molar-refractivity contribution in [2.75, 3.05) is 11.7 Å². The molecular formula is C28H33FN3O10P. The average molecular weight is 622 g/mol. The number of aromatic nitrogens is 2. The summed E-state index contributed by atoms with van der Waals surface area (Å²) in [5, 5.41) is 11.7. The standard InChI is InChI=1S/C28H33FN3O10P/c1-18(2)13-22(32(20-11-7-4-8-12-20)39-16-19-9-5-3-6-10-19)27(35)42-43(37,38)40-17-24-23(33)14-25(41-24)31-15-21(29)26(34)30-28(31)36/h3-12,15,18,22-25,33H,13-14,16-17H2,1-2H3,(H,37,38)(H,30,34,36)/t22-,23-,24+,25+/m0/s1. The van der Waals surface area contributed by atoms with Gasteiger partial charge in [-0.15, -0.1) is 0 Å². The van der Waals surface area contributed by atoms with Gasteiger partial charge in [0.2, 0.25) is 5.82 Å². The molecule has 3 N–H and O–H groups in total. The summed E-state index contributed by atoms with van der Waals surface area (Å²) in [5.74, 6) is -2.38. The molecule has 1 fully saturated rings. The van der Waals surface area contributed by atoms with Crippen LogP contribution in [0.15, 0.2) is 76.4 Å². The Morgan fingerprint density at radius 2 is 1.81 bits per heavy atom. The minimum absolute atomic E-state index is 0.0526. The summed E-state index contributed by atoms with van der Waals surface area (Å²) < 4.78 is 42.7. The van der Waals surface area contributed by atoms with E-state index < -0.39 is 61.9 Å². The van der Waals surface area contributed by atoms with Gasteiger partial charge in [0.15, 0.2) is 6.04 Å². The fourth-order valence-electron chi connectivity index (χ4n) is 4.45. The lowest BCUT2D eigenvalue weighted by Gasteiger charge is -2.32. The monoisotopic (exact) mass is 621 g/mol. The van der Waals surface area contributed by atoms with E-state index in [1.54, 1.807) is 35.3 Å². The number of hydrogen-bond donors (Lipinski definition) is 3. The summed E-state index contributed by atoms with van der Waals surface area (Å²) in [6, 6.07) is 16.8. The molecule has 3 aromatic rings. The number of hydrogen-bond acceptors (Lipinski definition) is 10. The zero-order valence-electron chi connectivity index (χ0n) is 23.4. The second-order valence-corrected chi connectivity index (χ2v) is 11.7. The van der Waals surface area contributed by atoms with Gasteiger partial charge in [0.05, 0.1) is 31.2 Å². The Morgan fingerprint density at radius 3 is 2.47 bits per heavy atom. The molecule has 1 aliphatic heterocycles. The van der Waals surface area contributed by atoms with Gasteiger partial charge in [-0.05, 0) is 30.0 Å². The maximum absolute atomic E-state index is 13.7. The molecule has 13 nitrogen and oxygen atoms in total. The summed E-state index contributed by atoms with van der Waals surface area (Å²) in [5.41, 5.74) is -0.843. The van der Waals surface area contributed by atoms with Gasteiger partial charge in [0.1, 0.15) is 12.3 Å². The highest BCUT2D eigenvalue weighted by atomic mass is 31.2. The first-order valence-corrected chi connectivity index (χ1v) is 15.0. The number of H-pyrrole nitrogens is 1. The van der Waals surface area contributed by atoms with Crippen molar-refractivity contribution in [3.63, 3.8) is 0 Å². The second-order valence-electron chi connectivity index (χ2n) is 10.3. The SMILES string of the molecule is CC(C)C[C@@H](C(=O)OP(=O)(O)OC[C@H]1O[C@@H](n2cc(F)c(=O)[nH]c2=O)C[C@@H]1O)N(OCc1ccccc1)c1ccccc1. The molecule has 0 amide bonds. The molecule has 0 radical (unpaired) electrons. The number of halogens is 1. The molecule has 5 atom stereocenters. The highest BCUT2D eigenvalue weighted by molar-refractivity contribution is 7.48. The topological polar surface area (TPSA) is 170 Å². The highest BCUT2D eigenvalue weighted by Crippen LogP contribution is 2.45. The highest BCUT2D eigenvalue weighted by Gasteiger charge is 2.40. The van der Waals surface area contributed by atoms with E-state index in [-0.39, 0.29) is 25.4 Å². The number of carbonyl (C=O) groups is 1. The molecule has 2 heterocycles. The zero-order chi connectivity index (χ0) is 31.1. The van der Waals surface area contributed by atoms with Gasteiger partial charge in [0.25, 0.3) is 5.56 Å². The molecule has 232 valence electrons. The fourth-order valence-corrected chi connectivity index (χ4v) is 5.19. The van der Waals surface area contributed by atoms with Crippen LogP contribution in [0.2, 0.25) is 0 Å². The number of ether oxygens (including phenoxy) is 1. The Labute approximate surface area is 246 Å². The van der Waals surface area contributed by atoms with Crippen LogP contribution < -0.4 is 16.3 Å². The molecule has 0 spiro atoms. The molecule has 0 bridgehead atoms. The summed E-state index contributed by atoms with van der Waals surface area (Å²) in [6.45, 7) is 3.13. The molecule has 1 aliphatic rings. The second kappa shape index (κ2) is 14.2. The van der Waals surface area contributed by atoms with Crippen LogP contribution in [0.3, 0.4) is 0 Å². The number of aliphatic hydroxyl groups excluding tert-OH is 1. The first-order chi connectivity index (χ1) is 20.4. The minimum Gasteiger partial charge on any atom is -0.390 e. The Balaban J connectivity index is 1.45. The Bertz CT molecular complexity index is 1530. The summed E-state index contributed by atoms with van der Waals surface area (Å²) in [6.07, 6.45) is -3.12. The third kappa shape index (κ3) is 8.69. The van der Waals surface area contributed by atoms with Crippen molar-refractivity contribution in [2.45, 2.75) is 57.8 Å². The van der Waals surface area contributed by atoms with Gasteiger partial charge in [-0.25, -0.2) is 19.2 Å². The number of aliphatic hydroxyl groups is 1. The van der Waals surface area contributed by atoms with E-state index in [0.29, 0.717) is 11.9 Å². The molecule has 0 saturated carbocycles. The summed E-state index contributed by atoms with van der Waals surface area (Å²) in [4.78, 5) is 55.0. The maximum Gasteiger partial charge on any atom is 0.529 e.